The van der Waals surface area contributed by atoms with Crippen LogP contribution in [0.2, 0.25) is 0 Å². The second-order valence-corrected chi connectivity index (χ2v) is 5.30. The molecule has 25 heavy (non-hydrogen) atoms. The zero-order valence-corrected chi connectivity index (χ0v) is 13.5. The van der Waals surface area contributed by atoms with E-state index in [1.165, 1.54) is 25.1 Å². The summed E-state index contributed by atoms with van der Waals surface area (Å²) in [5.74, 6) is -1.20. The van der Waals surface area contributed by atoms with Crippen molar-refractivity contribution in [1.29, 1.82) is 0 Å². The lowest BCUT2D eigenvalue weighted by atomic mass is 9.94. The number of carbonyl (C=O) groups excluding carboxylic acids is 1. The van der Waals surface area contributed by atoms with Crippen molar-refractivity contribution in [1.82, 2.24) is 10.6 Å². The van der Waals surface area contributed by atoms with Crippen molar-refractivity contribution in [3.63, 3.8) is 0 Å². The molecule has 2 N–H and O–H groups in total. The minimum Gasteiger partial charge on any atom is -0.463 e. The molecule has 1 aromatic rings. The molecule has 7 nitrogen and oxygen atoms in total. The Kier molecular flexibility index (Phi) is 5.26. The topological polar surface area (TPSA) is 93.5 Å². The number of nitro groups is 1. The predicted molar refractivity (Wildman–Crippen MR) is 84.4 cm³/mol. The number of nitrogens with one attached hydrogen (secondary N) is 2. The summed E-state index contributed by atoms with van der Waals surface area (Å²) in [6.07, 6.45) is -4.90. The second kappa shape index (κ2) is 7.05. The van der Waals surface area contributed by atoms with Crippen molar-refractivity contribution in [3.05, 3.63) is 51.2 Å². The quantitative estimate of drug-likeness (QED) is 0.361. The first kappa shape index (κ1) is 18.6. The van der Waals surface area contributed by atoms with Gasteiger partial charge in [-0.05, 0) is 24.7 Å². The number of halogens is 3. The number of allylic oxidation sites excluding steroid dienone is 1. The average molecular weight is 375 g/mol. The zero-order valence-electron chi connectivity index (χ0n) is 12.7. The molecule has 0 spiro atoms. The number of rotatable bonds is 4. The van der Waals surface area contributed by atoms with Crippen LogP contribution in [0.5, 0.6) is 0 Å². The van der Waals surface area contributed by atoms with Crippen LogP contribution in [0.25, 0.3) is 0 Å². The standard InChI is InChI=1S/C14H12F3N3O4S/c1-2-24-12(21)9-10(7-4-3-5-8(6-7)20(22)23)18-13(25)19-11(9)14(15,16)17/h3-6,10H,2H2,1H3,(H2,18,19,25)/t10-/m0/s1. The monoisotopic (exact) mass is 375 g/mol. The number of esters is 1. The molecule has 0 radical (unpaired) electrons. The summed E-state index contributed by atoms with van der Waals surface area (Å²) >= 11 is 4.77. The summed E-state index contributed by atoms with van der Waals surface area (Å²) < 4.78 is 44.7. The third kappa shape index (κ3) is 4.05. The molecule has 1 atom stereocenters. The van der Waals surface area contributed by atoms with Crippen LogP contribution in [0.3, 0.4) is 0 Å². The van der Waals surface area contributed by atoms with E-state index < -0.39 is 34.4 Å². The van der Waals surface area contributed by atoms with Gasteiger partial charge in [0, 0.05) is 12.1 Å². The van der Waals surface area contributed by atoms with E-state index in [2.05, 4.69) is 5.32 Å². The first-order valence-electron chi connectivity index (χ1n) is 6.95. The second-order valence-electron chi connectivity index (χ2n) is 4.89. The maximum atomic E-state index is 13.3. The number of non-ortho nitro benzene ring substituents is 1. The molecule has 2 rings (SSSR count). The van der Waals surface area contributed by atoms with E-state index in [9.17, 15) is 28.1 Å². The van der Waals surface area contributed by atoms with E-state index in [1.807, 2.05) is 5.32 Å². The van der Waals surface area contributed by atoms with E-state index in [4.69, 9.17) is 17.0 Å². The number of carbonyl (C=O) groups is 1. The van der Waals surface area contributed by atoms with Crippen molar-refractivity contribution >= 4 is 29.0 Å². The third-order valence-electron chi connectivity index (χ3n) is 3.27. The summed E-state index contributed by atoms with van der Waals surface area (Å²) in [6.45, 7) is 1.31. The van der Waals surface area contributed by atoms with Gasteiger partial charge in [-0.25, -0.2) is 4.79 Å². The first-order valence-corrected chi connectivity index (χ1v) is 7.36. The molecule has 1 aliphatic heterocycles. The van der Waals surface area contributed by atoms with Crippen LogP contribution in [-0.4, -0.2) is 28.8 Å². The molecular formula is C14H12F3N3O4S. The van der Waals surface area contributed by atoms with E-state index in [-0.39, 0.29) is 23.0 Å². The number of hydrogen-bond acceptors (Lipinski definition) is 5. The molecule has 0 bridgehead atoms. The summed E-state index contributed by atoms with van der Waals surface area (Å²) in [7, 11) is 0. The molecule has 0 saturated carbocycles. The van der Waals surface area contributed by atoms with Gasteiger partial charge in [0.15, 0.2) is 5.11 Å². The molecule has 0 saturated heterocycles. The summed E-state index contributed by atoms with van der Waals surface area (Å²) in [5.41, 5.74) is -2.36. The average Bonchev–Trinajstić information content (AvgIpc) is 2.53. The summed E-state index contributed by atoms with van der Waals surface area (Å²) in [6, 6.07) is 3.56. The third-order valence-corrected chi connectivity index (χ3v) is 3.49. The van der Waals surface area contributed by atoms with Gasteiger partial charge in [0.25, 0.3) is 5.69 Å². The molecule has 1 aliphatic rings. The molecule has 134 valence electrons. The number of ether oxygens (including phenoxy) is 1. The maximum absolute atomic E-state index is 13.3. The van der Waals surface area contributed by atoms with Crippen LogP contribution in [0, 0.1) is 10.1 Å². The summed E-state index contributed by atoms with van der Waals surface area (Å²) in [5, 5.41) is 15.0. The Morgan fingerprint density at radius 3 is 2.68 bits per heavy atom. The van der Waals surface area contributed by atoms with Gasteiger partial charge in [-0.1, -0.05) is 12.1 Å². The highest BCUT2D eigenvalue weighted by atomic mass is 32.1. The Morgan fingerprint density at radius 1 is 1.44 bits per heavy atom. The van der Waals surface area contributed by atoms with Crippen LogP contribution < -0.4 is 10.6 Å². The smallest absolute Gasteiger partial charge is 0.431 e. The molecule has 0 amide bonds. The largest absolute Gasteiger partial charge is 0.463 e. The van der Waals surface area contributed by atoms with Gasteiger partial charge in [-0.3, -0.25) is 10.1 Å². The van der Waals surface area contributed by atoms with Gasteiger partial charge >= 0.3 is 12.1 Å². The molecule has 1 heterocycles. The highest BCUT2D eigenvalue weighted by Gasteiger charge is 2.45. The number of nitro benzene ring substituents is 1. The normalized spacial score (nSPS) is 17.6. The maximum Gasteiger partial charge on any atom is 0.431 e. The van der Waals surface area contributed by atoms with Gasteiger partial charge in [-0.2, -0.15) is 13.2 Å². The minimum atomic E-state index is -4.90. The van der Waals surface area contributed by atoms with E-state index in [1.54, 1.807) is 0 Å². The minimum absolute atomic E-state index is 0.0721. The highest BCUT2D eigenvalue weighted by Crippen LogP contribution is 2.36. The molecular weight excluding hydrogens is 363 g/mol. The molecule has 0 unspecified atom stereocenters. The van der Waals surface area contributed by atoms with Gasteiger partial charge < -0.3 is 15.4 Å². The highest BCUT2D eigenvalue weighted by molar-refractivity contribution is 7.80. The van der Waals surface area contributed by atoms with Crippen molar-refractivity contribution in [2.24, 2.45) is 0 Å². The van der Waals surface area contributed by atoms with Crippen molar-refractivity contribution in [2.75, 3.05) is 6.61 Å². The fourth-order valence-corrected chi connectivity index (χ4v) is 2.50. The van der Waals surface area contributed by atoms with Gasteiger partial charge in [0.2, 0.25) is 0 Å². The van der Waals surface area contributed by atoms with Crippen LogP contribution in [0.1, 0.15) is 18.5 Å². The molecule has 0 fully saturated rings. The van der Waals surface area contributed by atoms with Crippen LogP contribution in [-0.2, 0) is 9.53 Å². The molecule has 0 aliphatic carbocycles. The Bertz CT molecular complexity index is 764. The van der Waals surface area contributed by atoms with Crippen molar-refractivity contribution in [2.45, 2.75) is 19.1 Å². The first-order chi connectivity index (χ1) is 11.6. The fraction of sp³-hybridized carbons (Fsp3) is 0.286. The molecule has 0 aromatic heterocycles. The zero-order chi connectivity index (χ0) is 18.8. The van der Waals surface area contributed by atoms with Gasteiger partial charge in [0.1, 0.15) is 5.70 Å². The number of benzene rings is 1. The van der Waals surface area contributed by atoms with E-state index >= 15 is 0 Å². The Hall–Kier alpha value is -2.69. The molecule has 11 heteroatoms. The van der Waals surface area contributed by atoms with Gasteiger partial charge in [-0.15, -0.1) is 0 Å². The number of nitrogens with zero attached hydrogens (tertiary/aromatic N) is 1. The van der Waals surface area contributed by atoms with E-state index in [0.29, 0.717) is 0 Å². The predicted octanol–water partition coefficient (Wildman–Crippen LogP) is 2.49. The van der Waals surface area contributed by atoms with Crippen LogP contribution in [0.15, 0.2) is 35.5 Å². The van der Waals surface area contributed by atoms with Crippen molar-refractivity contribution in [3.8, 4) is 0 Å². The lowest BCUT2D eigenvalue weighted by molar-refractivity contribution is -0.384. The van der Waals surface area contributed by atoms with E-state index in [0.717, 1.165) is 6.07 Å². The Balaban J connectivity index is 2.64. The van der Waals surface area contributed by atoms with Crippen LogP contribution >= 0.6 is 12.2 Å². The number of thiocarbonyl (C=S) groups is 1. The Morgan fingerprint density at radius 2 is 2.12 bits per heavy atom. The van der Waals surface area contributed by atoms with Gasteiger partial charge in [0.05, 0.1) is 23.1 Å². The fourth-order valence-electron chi connectivity index (χ4n) is 2.28. The summed E-state index contributed by atoms with van der Waals surface area (Å²) in [4.78, 5) is 22.3. The molecule has 1 aromatic carbocycles. The van der Waals surface area contributed by atoms with Crippen molar-refractivity contribution < 1.29 is 27.6 Å². The van der Waals surface area contributed by atoms with Crippen LogP contribution in [0.4, 0.5) is 18.9 Å². The number of hydrogen-bond donors (Lipinski definition) is 2. The lowest BCUT2D eigenvalue weighted by Crippen LogP contribution is -2.49. The lowest BCUT2D eigenvalue weighted by Gasteiger charge is -2.31. The Labute approximate surface area is 145 Å². The number of alkyl halides is 3. The SMILES string of the molecule is CCOC(=O)C1=C(C(F)(F)F)NC(=S)N[C@H]1c1cccc([N+](=O)[O-])c1.